The van der Waals surface area contributed by atoms with Crippen LogP contribution in [0.15, 0.2) is 18.2 Å². The molecule has 3 fully saturated rings. The van der Waals surface area contributed by atoms with Crippen molar-refractivity contribution in [2.45, 2.75) is 30.4 Å². The van der Waals surface area contributed by atoms with Gasteiger partial charge in [0.15, 0.2) is 0 Å². The van der Waals surface area contributed by atoms with Crippen LogP contribution in [0.3, 0.4) is 0 Å². The molecule has 1 saturated heterocycles. The maximum Gasteiger partial charge on any atom is 0.417 e. The highest BCUT2D eigenvalue weighted by Crippen LogP contribution is 2.56. The van der Waals surface area contributed by atoms with Gasteiger partial charge in [0.05, 0.1) is 34.2 Å². The number of nitriles is 1. The molecule has 1 aromatic carbocycles. The van der Waals surface area contributed by atoms with Crippen molar-refractivity contribution in [2.75, 3.05) is 10.8 Å². The molecule has 134 valence electrons. The van der Waals surface area contributed by atoms with Gasteiger partial charge in [0.1, 0.15) is 0 Å². The van der Waals surface area contributed by atoms with Crippen LogP contribution in [-0.4, -0.2) is 31.4 Å². The summed E-state index contributed by atoms with van der Waals surface area (Å²) in [5.74, 6) is -0.418. The highest BCUT2D eigenvalue weighted by molar-refractivity contribution is 7.93. The number of sulfonamides is 1. The van der Waals surface area contributed by atoms with Gasteiger partial charge in [0.25, 0.3) is 0 Å². The molecule has 1 N–H and O–H groups in total. The molecule has 2 aliphatic carbocycles. The van der Waals surface area contributed by atoms with Crippen LogP contribution < -0.4 is 4.31 Å². The Morgan fingerprint density at radius 3 is 2.60 bits per heavy atom. The second-order valence-electron chi connectivity index (χ2n) is 7.01. The smallest absolute Gasteiger partial charge is 0.393 e. The Labute approximate surface area is 142 Å². The molecule has 3 aliphatic rings. The Morgan fingerprint density at radius 1 is 1.24 bits per heavy atom. The minimum Gasteiger partial charge on any atom is -0.393 e. The van der Waals surface area contributed by atoms with Crippen molar-refractivity contribution in [2.24, 2.45) is 17.8 Å². The van der Waals surface area contributed by atoms with Crippen LogP contribution >= 0.6 is 0 Å². The van der Waals surface area contributed by atoms with E-state index in [4.69, 9.17) is 5.26 Å². The lowest BCUT2D eigenvalue weighted by Crippen LogP contribution is -2.38. The fraction of sp³-hybridized carbons (Fsp3) is 0.562. The summed E-state index contributed by atoms with van der Waals surface area (Å²) in [7, 11) is -3.84. The lowest BCUT2D eigenvalue weighted by molar-refractivity contribution is -0.137. The van der Waals surface area contributed by atoms with Crippen molar-refractivity contribution in [1.82, 2.24) is 0 Å². The Kier molecular flexibility index (Phi) is 3.41. The molecule has 5 nitrogen and oxygen atoms in total. The fourth-order valence-corrected chi connectivity index (χ4v) is 7.35. The van der Waals surface area contributed by atoms with Crippen LogP contribution in [0, 0.1) is 29.1 Å². The summed E-state index contributed by atoms with van der Waals surface area (Å²) in [6.45, 7) is 0.129. The largest absolute Gasteiger partial charge is 0.417 e. The zero-order valence-electron chi connectivity index (χ0n) is 12.9. The summed E-state index contributed by atoms with van der Waals surface area (Å²) >= 11 is 0. The van der Waals surface area contributed by atoms with E-state index >= 15 is 0 Å². The van der Waals surface area contributed by atoms with E-state index in [2.05, 4.69) is 0 Å². The normalized spacial score (nSPS) is 35.6. The molecule has 25 heavy (non-hydrogen) atoms. The molecule has 2 saturated carbocycles. The Bertz CT molecular complexity index is 878. The minimum atomic E-state index is -4.74. The molecule has 0 unspecified atom stereocenters. The number of nitrogens with zero attached hydrogens (tertiary/aromatic N) is 2. The standard InChI is InChI=1S/C16H15F3N2O3S/c17-16(18,19)13-5-10(2-1-8(13)6-20)21-7-12-9-3-11(14(22)4-9)15(12)25(21,23)24/h1-2,5,9,11-12,14-15,22H,3-4,7H2/t9-,11+,12+,14+,15-/m0/s1. The maximum absolute atomic E-state index is 13.2. The summed E-state index contributed by atoms with van der Waals surface area (Å²) in [4.78, 5) is 0. The van der Waals surface area contributed by atoms with E-state index in [1.165, 1.54) is 12.1 Å². The average Bonchev–Trinajstić information content (AvgIpc) is 3.15. The number of fused-ring (bicyclic) bond motifs is 5. The minimum absolute atomic E-state index is 0.0744. The van der Waals surface area contributed by atoms with E-state index in [1.807, 2.05) is 0 Å². The first-order chi connectivity index (χ1) is 11.6. The van der Waals surface area contributed by atoms with Gasteiger partial charge in [-0.05, 0) is 42.9 Å². The van der Waals surface area contributed by atoms with Crippen LogP contribution in [0.25, 0.3) is 0 Å². The number of hydrogen-bond donors (Lipinski definition) is 1. The van der Waals surface area contributed by atoms with E-state index in [9.17, 15) is 26.7 Å². The third-order valence-electron chi connectivity index (χ3n) is 5.81. The predicted octanol–water partition coefficient (Wildman–Crippen LogP) is 2.11. The van der Waals surface area contributed by atoms with E-state index < -0.39 is 38.7 Å². The van der Waals surface area contributed by atoms with Gasteiger partial charge in [0.2, 0.25) is 10.0 Å². The van der Waals surface area contributed by atoms with Crippen molar-refractivity contribution in [1.29, 1.82) is 5.26 Å². The zero-order valence-corrected chi connectivity index (χ0v) is 13.8. The second-order valence-corrected chi connectivity index (χ2v) is 9.02. The van der Waals surface area contributed by atoms with Crippen molar-refractivity contribution in [3.63, 3.8) is 0 Å². The molecule has 1 aromatic rings. The number of halogens is 3. The molecule has 0 radical (unpaired) electrons. The van der Waals surface area contributed by atoms with Gasteiger partial charge in [-0.3, -0.25) is 4.31 Å². The molecule has 5 atom stereocenters. The number of aliphatic hydroxyl groups excluding tert-OH is 1. The first-order valence-electron chi connectivity index (χ1n) is 7.95. The number of alkyl halides is 3. The van der Waals surface area contributed by atoms with Gasteiger partial charge in [-0.1, -0.05) is 0 Å². The summed E-state index contributed by atoms with van der Waals surface area (Å²) in [5, 5.41) is 18.1. The quantitative estimate of drug-likeness (QED) is 0.819. The first-order valence-corrected chi connectivity index (χ1v) is 9.46. The molecule has 0 aromatic heterocycles. The maximum atomic E-state index is 13.2. The van der Waals surface area contributed by atoms with Crippen molar-refractivity contribution in [3.8, 4) is 6.07 Å². The lowest BCUT2D eigenvalue weighted by Gasteiger charge is -2.26. The summed E-state index contributed by atoms with van der Waals surface area (Å²) in [6.07, 6.45) is -4.19. The number of aliphatic hydroxyl groups is 1. The SMILES string of the molecule is N#Cc1ccc(N2C[C@@H]3[C@H]4C[C@@H]([C@@H]3S2(=O)=O)[C@H](O)C4)cc1C(F)(F)F. The predicted molar refractivity (Wildman–Crippen MR) is 81.9 cm³/mol. The molecule has 2 bridgehead atoms. The summed E-state index contributed by atoms with van der Waals surface area (Å²) < 4.78 is 66.3. The highest BCUT2D eigenvalue weighted by Gasteiger charge is 2.62. The third kappa shape index (κ3) is 2.27. The van der Waals surface area contributed by atoms with Gasteiger partial charge in [-0.25, -0.2) is 8.42 Å². The topological polar surface area (TPSA) is 81.4 Å². The molecule has 1 aliphatic heterocycles. The molecular formula is C16H15F3N2O3S. The monoisotopic (exact) mass is 372 g/mol. The molecule has 4 rings (SSSR count). The van der Waals surface area contributed by atoms with Crippen LogP contribution in [0.2, 0.25) is 0 Å². The first kappa shape index (κ1) is 16.7. The van der Waals surface area contributed by atoms with Gasteiger partial charge < -0.3 is 5.11 Å². The molecule has 0 spiro atoms. The second kappa shape index (κ2) is 5.11. The van der Waals surface area contributed by atoms with Crippen molar-refractivity contribution >= 4 is 15.7 Å². The zero-order chi connectivity index (χ0) is 18.1. The Balaban J connectivity index is 1.76. The van der Waals surface area contributed by atoms with E-state index in [-0.39, 0.29) is 30.0 Å². The van der Waals surface area contributed by atoms with Gasteiger partial charge in [-0.15, -0.1) is 0 Å². The lowest BCUT2D eigenvalue weighted by atomic mass is 9.87. The van der Waals surface area contributed by atoms with Crippen molar-refractivity contribution < 1.29 is 26.7 Å². The van der Waals surface area contributed by atoms with Crippen LogP contribution in [0.4, 0.5) is 18.9 Å². The number of anilines is 1. The van der Waals surface area contributed by atoms with Crippen LogP contribution in [0.1, 0.15) is 24.0 Å². The molecule has 1 heterocycles. The van der Waals surface area contributed by atoms with Crippen LogP contribution in [0.5, 0.6) is 0 Å². The van der Waals surface area contributed by atoms with Gasteiger partial charge in [0, 0.05) is 12.5 Å². The van der Waals surface area contributed by atoms with E-state index in [1.54, 1.807) is 0 Å². The Morgan fingerprint density at radius 2 is 1.96 bits per heavy atom. The fourth-order valence-electron chi connectivity index (χ4n) is 4.79. The molecular weight excluding hydrogens is 357 g/mol. The highest BCUT2D eigenvalue weighted by atomic mass is 32.2. The third-order valence-corrected chi connectivity index (χ3v) is 8.17. The Hall–Kier alpha value is -1.79. The van der Waals surface area contributed by atoms with Crippen molar-refractivity contribution in [3.05, 3.63) is 29.3 Å². The van der Waals surface area contributed by atoms with Crippen LogP contribution in [-0.2, 0) is 16.2 Å². The average molecular weight is 372 g/mol. The summed E-state index contributed by atoms with van der Waals surface area (Å²) in [5.41, 5.74) is -1.75. The number of benzene rings is 1. The van der Waals surface area contributed by atoms with Gasteiger partial charge >= 0.3 is 6.18 Å². The summed E-state index contributed by atoms with van der Waals surface area (Å²) in [6, 6.07) is 4.47. The molecule has 9 heteroatoms. The van der Waals surface area contributed by atoms with Gasteiger partial charge in [-0.2, -0.15) is 18.4 Å². The number of hydrogen-bond acceptors (Lipinski definition) is 4. The molecule has 0 amide bonds. The van der Waals surface area contributed by atoms with E-state index in [0.29, 0.717) is 12.8 Å². The van der Waals surface area contributed by atoms with E-state index in [0.717, 1.165) is 16.4 Å². The number of rotatable bonds is 1.